The van der Waals surface area contributed by atoms with Crippen molar-refractivity contribution in [2.75, 3.05) is 5.32 Å². The molecule has 0 saturated carbocycles. The van der Waals surface area contributed by atoms with Crippen molar-refractivity contribution >= 4 is 27.8 Å². The zero-order chi connectivity index (χ0) is 17.3. The van der Waals surface area contributed by atoms with Gasteiger partial charge in [0.15, 0.2) is 0 Å². The van der Waals surface area contributed by atoms with E-state index in [2.05, 4.69) is 42.6 Å². The Hall–Kier alpha value is -3.67. The van der Waals surface area contributed by atoms with Gasteiger partial charge in [-0.2, -0.15) is 5.10 Å². The maximum Gasteiger partial charge on any atom is 0.140 e. The Morgan fingerprint density at radius 3 is 2.88 bits per heavy atom. The molecular formula is C20H16N6. The number of hydrogen-bond acceptors (Lipinski definition) is 4. The van der Waals surface area contributed by atoms with Crippen LogP contribution in [0.15, 0.2) is 67.1 Å². The first-order chi connectivity index (χ1) is 12.9. The van der Waals surface area contributed by atoms with Gasteiger partial charge in [0, 0.05) is 41.5 Å². The maximum atomic E-state index is 4.68. The minimum absolute atomic E-state index is 0.661. The van der Waals surface area contributed by atoms with Gasteiger partial charge in [-0.1, -0.05) is 24.3 Å². The summed E-state index contributed by atoms with van der Waals surface area (Å²) in [5, 5.41) is 13.2. The SMILES string of the molecule is c1cncc(CNc2cc(-c3n[nH]c4ccccc34)c3cc[nH]c3n2)c1. The summed E-state index contributed by atoms with van der Waals surface area (Å²) in [4.78, 5) is 12.0. The minimum atomic E-state index is 0.661. The summed E-state index contributed by atoms with van der Waals surface area (Å²) in [6.45, 7) is 0.661. The largest absolute Gasteiger partial charge is 0.366 e. The van der Waals surface area contributed by atoms with Crippen LogP contribution in [0.2, 0.25) is 0 Å². The highest BCUT2D eigenvalue weighted by Crippen LogP contribution is 2.33. The van der Waals surface area contributed by atoms with E-state index < -0.39 is 0 Å². The van der Waals surface area contributed by atoms with E-state index in [1.54, 1.807) is 6.20 Å². The highest BCUT2D eigenvalue weighted by Gasteiger charge is 2.14. The molecule has 0 unspecified atom stereocenters. The Balaban J connectivity index is 1.59. The van der Waals surface area contributed by atoms with E-state index in [4.69, 9.17) is 0 Å². The Morgan fingerprint density at radius 2 is 1.96 bits per heavy atom. The molecule has 5 rings (SSSR count). The molecular weight excluding hydrogens is 324 g/mol. The summed E-state index contributed by atoms with van der Waals surface area (Å²) in [6, 6.07) is 16.2. The summed E-state index contributed by atoms with van der Waals surface area (Å²) in [7, 11) is 0. The lowest BCUT2D eigenvalue weighted by atomic mass is 10.1. The second-order valence-corrected chi connectivity index (χ2v) is 6.13. The summed E-state index contributed by atoms with van der Waals surface area (Å²) in [5.41, 5.74) is 4.93. The fourth-order valence-corrected chi connectivity index (χ4v) is 3.19. The lowest BCUT2D eigenvalue weighted by Gasteiger charge is -2.08. The van der Waals surface area contributed by atoms with E-state index in [-0.39, 0.29) is 0 Å². The van der Waals surface area contributed by atoms with Crippen LogP contribution < -0.4 is 5.32 Å². The van der Waals surface area contributed by atoms with Crippen LogP contribution in [0.1, 0.15) is 5.56 Å². The number of benzene rings is 1. The van der Waals surface area contributed by atoms with Crippen molar-refractivity contribution in [3.05, 3.63) is 72.7 Å². The van der Waals surface area contributed by atoms with Gasteiger partial charge in [-0.3, -0.25) is 10.1 Å². The van der Waals surface area contributed by atoms with E-state index >= 15 is 0 Å². The molecule has 0 radical (unpaired) electrons. The maximum absolute atomic E-state index is 4.68. The average molecular weight is 340 g/mol. The number of pyridine rings is 2. The molecule has 0 aliphatic heterocycles. The molecule has 5 aromatic rings. The third kappa shape index (κ3) is 2.48. The van der Waals surface area contributed by atoms with Crippen molar-refractivity contribution in [3.63, 3.8) is 0 Å². The third-order valence-electron chi connectivity index (χ3n) is 4.45. The Labute approximate surface area is 149 Å². The Morgan fingerprint density at radius 1 is 1.00 bits per heavy atom. The fraction of sp³-hybridized carbons (Fsp3) is 0.0500. The molecule has 6 nitrogen and oxygen atoms in total. The molecule has 0 amide bonds. The van der Waals surface area contributed by atoms with E-state index in [9.17, 15) is 0 Å². The molecule has 0 bridgehead atoms. The molecule has 0 aliphatic carbocycles. The first kappa shape index (κ1) is 14.7. The normalized spacial score (nSPS) is 11.2. The first-order valence-electron chi connectivity index (χ1n) is 8.43. The van der Waals surface area contributed by atoms with Crippen LogP contribution in [0.4, 0.5) is 5.82 Å². The number of nitrogens with one attached hydrogen (secondary N) is 3. The van der Waals surface area contributed by atoms with Crippen LogP contribution in [0, 0.1) is 0 Å². The highest BCUT2D eigenvalue weighted by atomic mass is 15.1. The standard InChI is InChI=1S/C20H16N6/c1-2-6-17-15(5-1)19(26-25-17)16-10-18(24-20-14(16)7-9-22-20)23-12-13-4-3-8-21-11-13/h1-11H,12H2,(H,25,26)(H2,22,23,24). The number of H-pyrrole nitrogens is 2. The second kappa shape index (κ2) is 6.00. The van der Waals surface area contributed by atoms with Crippen LogP contribution in [-0.2, 0) is 6.54 Å². The lowest BCUT2D eigenvalue weighted by molar-refractivity contribution is 1.09. The van der Waals surface area contributed by atoms with Crippen molar-refractivity contribution in [1.29, 1.82) is 0 Å². The summed E-state index contributed by atoms with van der Waals surface area (Å²) in [6.07, 6.45) is 5.52. The van der Waals surface area contributed by atoms with Crippen molar-refractivity contribution < 1.29 is 0 Å². The summed E-state index contributed by atoms with van der Waals surface area (Å²) >= 11 is 0. The number of anilines is 1. The molecule has 0 fully saturated rings. The average Bonchev–Trinajstić information content (AvgIpc) is 3.33. The van der Waals surface area contributed by atoms with E-state index in [1.165, 1.54) is 0 Å². The molecule has 0 saturated heterocycles. The molecule has 0 spiro atoms. The van der Waals surface area contributed by atoms with Gasteiger partial charge in [0.05, 0.1) is 5.52 Å². The summed E-state index contributed by atoms with van der Waals surface area (Å²) in [5.74, 6) is 0.797. The molecule has 126 valence electrons. The van der Waals surface area contributed by atoms with Crippen molar-refractivity contribution in [3.8, 4) is 11.3 Å². The van der Waals surface area contributed by atoms with Crippen molar-refractivity contribution in [2.24, 2.45) is 0 Å². The lowest BCUT2D eigenvalue weighted by Crippen LogP contribution is -2.02. The molecule has 26 heavy (non-hydrogen) atoms. The van der Waals surface area contributed by atoms with Crippen LogP contribution in [0.5, 0.6) is 0 Å². The number of rotatable bonds is 4. The summed E-state index contributed by atoms with van der Waals surface area (Å²) < 4.78 is 0. The molecule has 0 aliphatic rings. The molecule has 1 aromatic carbocycles. The zero-order valence-electron chi connectivity index (χ0n) is 13.9. The van der Waals surface area contributed by atoms with Crippen LogP contribution in [0.25, 0.3) is 33.2 Å². The van der Waals surface area contributed by atoms with Gasteiger partial charge >= 0.3 is 0 Å². The second-order valence-electron chi connectivity index (χ2n) is 6.13. The molecule has 4 heterocycles. The van der Waals surface area contributed by atoms with Crippen LogP contribution in [0.3, 0.4) is 0 Å². The van der Waals surface area contributed by atoms with E-state index in [0.29, 0.717) is 6.54 Å². The van der Waals surface area contributed by atoms with Gasteiger partial charge in [0.1, 0.15) is 17.2 Å². The topological polar surface area (TPSA) is 82.3 Å². The molecule has 3 N–H and O–H groups in total. The minimum Gasteiger partial charge on any atom is -0.366 e. The predicted octanol–water partition coefficient (Wildman–Crippen LogP) is 4.11. The van der Waals surface area contributed by atoms with Gasteiger partial charge in [-0.05, 0) is 29.8 Å². The molecule has 4 aromatic heterocycles. The Kier molecular flexibility index (Phi) is 3.38. The smallest absolute Gasteiger partial charge is 0.140 e. The number of hydrogen-bond donors (Lipinski definition) is 3. The first-order valence-corrected chi connectivity index (χ1v) is 8.43. The quantitative estimate of drug-likeness (QED) is 0.460. The highest BCUT2D eigenvalue weighted by molar-refractivity contribution is 6.02. The fourth-order valence-electron chi connectivity index (χ4n) is 3.19. The number of nitrogens with zero attached hydrogens (tertiary/aromatic N) is 3. The van der Waals surface area contributed by atoms with E-state index in [1.807, 2.05) is 48.8 Å². The Bertz CT molecular complexity index is 1190. The molecule has 0 atom stereocenters. The number of para-hydroxylation sites is 1. The van der Waals surface area contributed by atoms with Gasteiger partial charge < -0.3 is 10.3 Å². The van der Waals surface area contributed by atoms with E-state index in [0.717, 1.165) is 44.6 Å². The van der Waals surface area contributed by atoms with Gasteiger partial charge in [-0.15, -0.1) is 0 Å². The van der Waals surface area contributed by atoms with Gasteiger partial charge in [0.2, 0.25) is 0 Å². The van der Waals surface area contributed by atoms with Crippen molar-refractivity contribution in [2.45, 2.75) is 6.54 Å². The predicted molar refractivity (Wildman–Crippen MR) is 103 cm³/mol. The van der Waals surface area contributed by atoms with Gasteiger partial charge in [0.25, 0.3) is 0 Å². The number of fused-ring (bicyclic) bond motifs is 2. The van der Waals surface area contributed by atoms with Crippen LogP contribution >= 0.6 is 0 Å². The molecule has 6 heteroatoms. The zero-order valence-corrected chi connectivity index (χ0v) is 13.9. The monoisotopic (exact) mass is 340 g/mol. The van der Waals surface area contributed by atoms with Crippen LogP contribution in [-0.4, -0.2) is 25.1 Å². The van der Waals surface area contributed by atoms with Crippen molar-refractivity contribution in [1.82, 2.24) is 25.1 Å². The number of aromatic nitrogens is 5. The van der Waals surface area contributed by atoms with Gasteiger partial charge in [-0.25, -0.2) is 4.98 Å². The third-order valence-corrected chi connectivity index (χ3v) is 4.45. The number of aromatic amines is 2.